The molecule has 1 aromatic rings. The normalized spacial score (nSPS) is 17.1. The predicted octanol–water partition coefficient (Wildman–Crippen LogP) is 4.21. The molecule has 0 saturated heterocycles. The number of anilines is 1. The zero-order valence-electron chi connectivity index (χ0n) is 10.9. The van der Waals surface area contributed by atoms with Crippen LogP contribution >= 0.6 is 34.8 Å². The van der Waals surface area contributed by atoms with Gasteiger partial charge in [0.15, 0.2) is 0 Å². The quantitative estimate of drug-likeness (QED) is 0.328. The zero-order valence-corrected chi connectivity index (χ0v) is 13.2. The van der Waals surface area contributed by atoms with Gasteiger partial charge >= 0.3 is 0 Å². The summed E-state index contributed by atoms with van der Waals surface area (Å²) < 4.78 is 0. The van der Waals surface area contributed by atoms with Crippen molar-refractivity contribution in [1.82, 2.24) is 5.43 Å². The van der Waals surface area contributed by atoms with Crippen LogP contribution in [-0.2, 0) is 0 Å². The average molecular weight is 336 g/mol. The van der Waals surface area contributed by atoms with Crippen LogP contribution in [0, 0.1) is 0 Å². The second kappa shape index (κ2) is 7.36. The highest BCUT2D eigenvalue weighted by atomic mass is 35.5. The van der Waals surface area contributed by atoms with E-state index in [0.717, 1.165) is 12.8 Å². The lowest BCUT2D eigenvalue weighted by molar-refractivity contribution is 0.442. The van der Waals surface area contributed by atoms with E-state index >= 15 is 0 Å². The molecule has 0 bridgehead atoms. The Morgan fingerprint density at radius 3 is 2.25 bits per heavy atom. The Labute approximate surface area is 133 Å². The number of rotatable bonds is 2. The maximum atomic E-state index is 6.12. The van der Waals surface area contributed by atoms with Crippen LogP contribution in [0.2, 0.25) is 15.1 Å². The molecule has 0 spiro atoms. The Bertz CT molecular complexity index is 475. The number of nitrogens with two attached hydrogens (primary N) is 1. The van der Waals surface area contributed by atoms with Gasteiger partial charge in [0.25, 0.3) is 0 Å². The van der Waals surface area contributed by atoms with Crippen molar-refractivity contribution in [3.8, 4) is 0 Å². The molecule has 1 aliphatic carbocycles. The highest BCUT2D eigenvalue weighted by Crippen LogP contribution is 2.33. The lowest BCUT2D eigenvalue weighted by Crippen LogP contribution is -2.37. The number of nitrogens with zero attached hydrogens (tertiary/aromatic N) is 1. The first kappa shape index (κ1) is 15.7. The third-order valence-electron chi connectivity index (χ3n) is 3.27. The molecule has 7 heteroatoms. The second-order valence-electron chi connectivity index (χ2n) is 4.78. The molecule has 0 aliphatic heterocycles. The van der Waals surface area contributed by atoms with Gasteiger partial charge in [0, 0.05) is 5.02 Å². The summed E-state index contributed by atoms with van der Waals surface area (Å²) in [6, 6.07) is 3.52. The van der Waals surface area contributed by atoms with Crippen LogP contribution in [-0.4, -0.2) is 12.0 Å². The van der Waals surface area contributed by atoms with Crippen LogP contribution in [0.1, 0.15) is 32.1 Å². The summed E-state index contributed by atoms with van der Waals surface area (Å²) in [4.78, 5) is 4.57. The SMILES string of the molecule is NNC(=NC1CCCCC1)Nc1c(Cl)cc(Cl)cc1Cl. The van der Waals surface area contributed by atoms with Gasteiger partial charge in [-0.25, -0.2) is 10.8 Å². The number of hydrogen-bond acceptors (Lipinski definition) is 2. The maximum Gasteiger partial charge on any atom is 0.210 e. The van der Waals surface area contributed by atoms with Crippen LogP contribution in [0.4, 0.5) is 5.69 Å². The molecule has 0 unspecified atom stereocenters. The summed E-state index contributed by atoms with van der Waals surface area (Å²) in [6.07, 6.45) is 5.84. The standard InChI is InChI=1S/C13H17Cl3N4/c14-8-6-10(15)12(11(16)7-8)19-13(20-17)18-9-4-2-1-3-5-9/h6-7,9H,1-5,17H2,(H2,18,19,20). The fraction of sp³-hybridized carbons (Fsp3) is 0.462. The van der Waals surface area contributed by atoms with E-state index in [1.165, 1.54) is 19.3 Å². The molecule has 1 aromatic carbocycles. The monoisotopic (exact) mass is 334 g/mol. The molecule has 0 atom stereocenters. The first-order chi connectivity index (χ1) is 9.60. The maximum absolute atomic E-state index is 6.12. The summed E-state index contributed by atoms with van der Waals surface area (Å²) in [5, 5.41) is 4.36. The van der Waals surface area contributed by atoms with Gasteiger partial charge in [-0.05, 0) is 25.0 Å². The van der Waals surface area contributed by atoms with E-state index in [-0.39, 0.29) is 6.04 Å². The van der Waals surface area contributed by atoms with Crippen LogP contribution in [0.25, 0.3) is 0 Å². The summed E-state index contributed by atoms with van der Waals surface area (Å²) in [5.41, 5.74) is 3.10. The summed E-state index contributed by atoms with van der Waals surface area (Å²) in [5.74, 6) is 5.97. The third-order valence-corrected chi connectivity index (χ3v) is 4.09. The number of guanidine groups is 1. The van der Waals surface area contributed by atoms with Crippen LogP contribution in [0.5, 0.6) is 0 Å². The van der Waals surface area contributed by atoms with Crippen molar-refractivity contribution in [3.05, 3.63) is 27.2 Å². The van der Waals surface area contributed by atoms with E-state index in [0.29, 0.717) is 26.7 Å². The molecule has 110 valence electrons. The topological polar surface area (TPSA) is 62.4 Å². The van der Waals surface area contributed by atoms with Crippen LogP contribution in [0.15, 0.2) is 17.1 Å². The first-order valence-corrected chi connectivity index (χ1v) is 7.69. The molecule has 20 heavy (non-hydrogen) atoms. The van der Waals surface area contributed by atoms with Gasteiger partial charge in [-0.1, -0.05) is 54.1 Å². The van der Waals surface area contributed by atoms with Gasteiger partial charge in [-0.3, -0.25) is 5.43 Å². The molecule has 0 heterocycles. The van der Waals surface area contributed by atoms with Crippen molar-refractivity contribution in [2.75, 3.05) is 5.32 Å². The van der Waals surface area contributed by atoms with E-state index in [9.17, 15) is 0 Å². The highest BCUT2D eigenvalue weighted by Gasteiger charge is 2.14. The Morgan fingerprint density at radius 2 is 1.70 bits per heavy atom. The Balaban J connectivity index is 2.15. The summed E-state index contributed by atoms with van der Waals surface area (Å²) >= 11 is 18.1. The van der Waals surface area contributed by atoms with Crippen molar-refractivity contribution in [2.24, 2.45) is 10.8 Å². The lowest BCUT2D eigenvalue weighted by atomic mass is 9.96. The van der Waals surface area contributed by atoms with E-state index < -0.39 is 0 Å². The second-order valence-corrected chi connectivity index (χ2v) is 6.03. The number of aliphatic imine (C=N–C) groups is 1. The number of hydrogen-bond donors (Lipinski definition) is 3. The largest absolute Gasteiger partial charge is 0.323 e. The van der Waals surface area contributed by atoms with E-state index in [1.807, 2.05) is 0 Å². The zero-order chi connectivity index (χ0) is 14.5. The molecule has 1 aliphatic rings. The van der Waals surface area contributed by atoms with E-state index in [1.54, 1.807) is 12.1 Å². The first-order valence-electron chi connectivity index (χ1n) is 6.56. The molecule has 0 aromatic heterocycles. The third kappa shape index (κ3) is 4.16. The van der Waals surface area contributed by atoms with E-state index in [4.69, 9.17) is 40.6 Å². The van der Waals surface area contributed by atoms with Crippen molar-refractivity contribution < 1.29 is 0 Å². The minimum absolute atomic E-state index is 0.284. The molecule has 0 amide bonds. The molecule has 1 saturated carbocycles. The predicted molar refractivity (Wildman–Crippen MR) is 86.7 cm³/mol. The highest BCUT2D eigenvalue weighted by molar-refractivity contribution is 6.42. The molecular formula is C13H17Cl3N4. The molecule has 2 rings (SSSR count). The van der Waals surface area contributed by atoms with E-state index in [2.05, 4.69) is 15.7 Å². The molecule has 4 nitrogen and oxygen atoms in total. The van der Waals surface area contributed by atoms with Crippen molar-refractivity contribution in [2.45, 2.75) is 38.1 Å². The number of benzene rings is 1. The number of halogens is 3. The smallest absolute Gasteiger partial charge is 0.210 e. The van der Waals surface area contributed by atoms with Gasteiger partial charge in [0.1, 0.15) is 0 Å². The van der Waals surface area contributed by atoms with Gasteiger partial charge in [0.05, 0.1) is 21.8 Å². The lowest BCUT2D eigenvalue weighted by Gasteiger charge is -2.20. The molecular weight excluding hydrogens is 319 g/mol. The number of hydrazine groups is 1. The van der Waals surface area contributed by atoms with Gasteiger partial charge < -0.3 is 5.32 Å². The minimum Gasteiger partial charge on any atom is -0.323 e. The van der Waals surface area contributed by atoms with Crippen LogP contribution in [0.3, 0.4) is 0 Å². The average Bonchev–Trinajstić information content (AvgIpc) is 2.42. The molecule has 1 fully saturated rings. The molecule has 0 radical (unpaired) electrons. The summed E-state index contributed by atoms with van der Waals surface area (Å²) in [6.45, 7) is 0. The van der Waals surface area contributed by atoms with Gasteiger partial charge in [-0.2, -0.15) is 0 Å². The van der Waals surface area contributed by atoms with Crippen molar-refractivity contribution in [3.63, 3.8) is 0 Å². The Kier molecular flexibility index (Phi) is 5.78. The van der Waals surface area contributed by atoms with Gasteiger partial charge in [-0.15, -0.1) is 0 Å². The van der Waals surface area contributed by atoms with Crippen LogP contribution < -0.4 is 16.6 Å². The van der Waals surface area contributed by atoms with Crippen molar-refractivity contribution in [1.29, 1.82) is 0 Å². The Hall–Kier alpha value is -0.680. The summed E-state index contributed by atoms with van der Waals surface area (Å²) in [7, 11) is 0. The van der Waals surface area contributed by atoms with Crippen molar-refractivity contribution >= 4 is 46.4 Å². The fourth-order valence-electron chi connectivity index (χ4n) is 2.28. The Morgan fingerprint density at radius 1 is 1.10 bits per heavy atom. The fourth-order valence-corrected chi connectivity index (χ4v) is 3.19. The minimum atomic E-state index is 0.284. The van der Waals surface area contributed by atoms with Gasteiger partial charge in [0.2, 0.25) is 5.96 Å². The number of nitrogens with one attached hydrogen (secondary N) is 2. The molecule has 4 N–H and O–H groups in total.